The van der Waals surface area contributed by atoms with Crippen molar-refractivity contribution in [3.05, 3.63) is 12.1 Å². The van der Waals surface area contributed by atoms with Gasteiger partial charge < -0.3 is 9.63 Å². The summed E-state index contributed by atoms with van der Waals surface area (Å²) < 4.78 is 14.9. The zero-order valence-electron chi connectivity index (χ0n) is 5.15. The lowest BCUT2D eigenvalue weighted by Gasteiger charge is -1.95. The maximum atomic E-state index is 10.3. The molecular weight excluding hydrogens is 141 g/mol. The molecule has 3 N–H and O–H groups in total. The molecule has 9 heavy (non-hydrogen) atoms. The molecular formula is C4H10NO3P. The van der Waals surface area contributed by atoms with Crippen LogP contribution in [0.15, 0.2) is 12.1 Å². The molecule has 0 heterocycles. The van der Waals surface area contributed by atoms with Crippen molar-refractivity contribution in [3.63, 3.8) is 0 Å². The highest BCUT2D eigenvalue weighted by molar-refractivity contribution is 7.58. The first-order chi connectivity index (χ1) is 4.06. The summed E-state index contributed by atoms with van der Waals surface area (Å²) in [6.07, 6.45) is 1.13. The standard InChI is InChI=1S/C4H10NO3P/c1-2-8-3-4-9(5,6)7/h3-4H,2H2,1H3,(H3,5,6,7)/b4-3-. The minimum absolute atomic E-state index is 0.469. The van der Waals surface area contributed by atoms with Crippen molar-refractivity contribution in [1.29, 1.82) is 0 Å². The van der Waals surface area contributed by atoms with Crippen LogP contribution in [0.25, 0.3) is 0 Å². The summed E-state index contributed by atoms with van der Waals surface area (Å²) in [6, 6.07) is 0. The third-order valence-corrected chi connectivity index (χ3v) is 1.09. The molecule has 5 heteroatoms. The van der Waals surface area contributed by atoms with Gasteiger partial charge in [0, 0.05) is 5.82 Å². The van der Waals surface area contributed by atoms with Crippen molar-refractivity contribution in [1.82, 2.24) is 0 Å². The van der Waals surface area contributed by atoms with E-state index in [2.05, 4.69) is 4.74 Å². The van der Waals surface area contributed by atoms with Gasteiger partial charge in [0.15, 0.2) is 0 Å². The third kappa shape index (κ3) is 7.69. The van der Waals surface area contributed by atoms with Crippen LogP contribution in [0.2, 0.25) is 0 Å². The third-order valence-electron chi connectivity index (χ3n) is 0.537. The quantitative estimate of drug-likeness (QED) is 0.458. The van der Waals surface area contributed by atoms with Crippen LogP contribution < -0.4 is 5.50 Å². The minimum Gasteiger partial charge on any atom is -0.501 e. The van der Waals surface area contributed by atoms with E-state index in [0.29, 0.717) is 6.61 Å². The molecule has 0 saturated heterocycles. The average molecular weight is 151 g/mol. The Morgan fingerprint density at radius 2 is 2.44 bits per heavy atom. The Kier molecular flexibility index (Phi) is 3.54. The first-order valence-electron chi connectivity index (χ1n) is 2.46. The monoisotopic (exact) mass is 151 g/mol. The second-order valence-corrected chi connectivity index (χ2v) is 3.06. The lowest BCUT2D eigenvalue weighted by molar-refractivity contribution is 0.269. The van der Waals surface area contributed by atoms with Crippen LogP contribution in [0.5, 0.6) is 0 Å². The van der Waals surface area contributed by atoms with Gasteiger partial charge in [-0.25, -0.2) is 0 Å². The van der Waals surface area contributed by atoms with Gasteiger partial charge in [0.1, 0.15) is 0 Å². The fraction of sp³-hybridized carbons (Fsp3) is 0.500. The van der Waals surface area contributed by atoms with Crippen LogP contribution >= 0.6 is 7.52 Å². The fourth-order valence-electron chi connectivity index (χ4n) is 0.226. The molecule has 0 aromatic rings. The second-order valence-electron chi connectivity index (χ2n) is 1.41. The molecule has 0 spiro atoms. The topological polar surface area (TPSA) is 72.5 Å². The van der Waals surface area contributed by atoms with Crippen molar-refractivity contribution < 1.29 is 14.2 Å². The molecule has 0 aliphatic heterocycles. The van der Waals surface area contributed by atoms with E-state index in [0.717, 1.165) is 12.1 Å². The summed E-state index contributed by atoms with van der Waals surface area (Å²) in [5.74, 6) is 0.941. The molecule has 4 nitrogen and oxygen atoms in total. The lowest BCUT2D eigenvalue weighted by Crippen LogP contribution is -1.87. The molecule has 1 atom stereocenters. The van der Waals surface area contributed by atoms with Gasteiger partial charge in [0.25, 0.3) is 7.52 Å². The van der Waals surface area contributed by atoms with Crippen molar-refractivity contribution in [2.24, 2.45) is 5.50 Å². The van der Waals surface area contributed by atoms with Crippen molar-refractivity contribution in [3.8, 4) is 0 Å². The molecule has 1 unspecified atom stereocenters. The Morgan fingerprint density at radius 3 is 2.78 bits per heavy atom. The number of ether oxygens (including phenoxy) is 1. The van der Waals surface area contributed by atoms with E-state index in [4.69, 9.17) is 10.4 Å². The van der Waals surface area contributed by atoms with Gasteiger partial charge in [0.05, 0.1) is 12.9 Å². The van der Waals surface area contributed by atoms with E-state index in [1.165, 1.54) is 0 Å². The van der Waals surface area contributed by atoms with Crippen LogP contribution in [0, 0.1) is 0 Å². The van der Waals surface area contributed by atoms with E-state index < -0.39 is 7.52 Å². The molecule has 0 aromatic carbocycles. The summed E-state index contributed by atoms with van der Waals surface area (Å²) in [4.78, 5) is 8.41. The largest absolute Gasteiger partial charge is 0.501 e. The van der Waals surface area contributed by atoms with Gasteiger partial charge in [-0.3, -0.25) is 10.1 Å². The normalized spacial score (nSPS) is 17.7. The van der Waals surface area contributed by atoms with Crippen LogP contribution in [0.4, 0.5) is 0 Å². The first-order valence-corrected chi connectivity index (χ1v) is 4.26. The minimum atomic E-state index is -3.50. The summed E-state index contributed by atoms with van der Waals surface area (Å²) >= 11 is 0. The Bertz CT molecular complexity index is 139. The Balaban J connectivity index is 3.58. The Labute approximate surface area is 53.8 Å². The molecule has 0 aromatic heterocycles. The van der Waals surface area contributed by atoms with Gasteiger partial charge in [-0.1, -0.05) is 0 Å². The summed E-state index contributed by atoms with van der Waals surface area (Å²) in [5, 5.41) is 0. The molecule has 54 valence electrons. The highest BCUT2D eigenvalue weighted by atomic mass is 31.2. The fourth-order valence-corrected chi connectivity index (χ4v) is 0.487. The highest BCUT2D eigenvalue weighted by Crippen LogP contribution is 2.30. The molecule has 0 aliphatic rings. The predicted octanol–water partition coefficient (Wildman–Crippen LogP) is 0.638. The number of rotatable bonds is 3. The smallest absolute Gasteiger partial charge is 0.290 e. The lowest BCUT2D eigenvalue weighted by atomic mass is 10.9. The van der Waals surface area contributed by atoms with Crippen molar-refractivity contribution >= 4 is 7.52 Å². The second kappa shape index (κ2) is 3.67. The molecule has 0 radical (unpaired) electrons. The van der Waals surface area contributed by atoms with Crippen LogP contribution in [0.3, 0.4) is 0 Å². The zero-order chi connectivity index (χ0) is 7.33. The number of hydrogen-bond acceptors (Lipinski definition) is 2. The van der Waals surface area contributed by atoms with Gasteiger partial charge in [-0.2, -0.15) is 0 Å². The Hall–Kier alpha value is -0.310. The van der Waals surface area contributed by atoms with Crippen molar-refractivity contribution in [2.75, 3.05) is 6.61 Å². The van der Waals surface area contributed by atoms with Gasteiger partial charge in [-0.05, 0) is 6.92 Å². The predicted molar refractivity (Wildman–Crippen MR) is 34.8 cm³/mol. The van der Waals surface area contributed by atoms with E-state index in [1.807, 2.05) is 0 Å². The van der Waals surface area contributed by atoms with E-state index in [9.17, 15) is 4.57 Å². The van der Waals surface area contributed by atoms with Gasteiger partial charge in [-0.15, -0.1) is 0 Å². The summed E-state index contributed by atoms with van der Waals surface area (Å²) in [6.45, 7) is 2.24. The molecule has 0 rings (SSSR count). The molecule has 0 aliphatic carbocycles. The first kappa shape index (κ1) is 8.69. The summed E-state index contributed by atoms with van der Waals surface area (Å²) in [7, 11) is -3.50. The maximum Gasteiger partial charge on any atom is 0.290 e. The van der Waals surface area contributed by atoms with Crippen LogP contribution in [-0.2, 0) is 9.30 Å². The van der Waals surface area contributed by atoms with Gasteiger partial charge in [0.2, 0.25) is 0 Å². The van der Waals surface area contributed by atoms with Gasteiger partial charge >= 0.3 is 0 Å². The van der Waals surface area contributed by atoms with E-state index in [-0.39, 0.29) is 0 Å². The molecule has 0 saturated carbocycles. The average Bonchev–Trinajstić information content (AvgIpc) is 1.63. The molecule has 0 fully saturated rings. The SMILES string of the molecule is CCO/C=C\P(N)(=O)O. The maximum absolute atomic E-state index is 10.3. The summed E-state index contributed by atoms with van der Waals surface area (Å²) in [5.41, 5.74) is 4.72. The number of hydrogen-bond donors (Lipinski definition) is 2. The van der Waals surface area contributed by atoms with Crippen LogP contribution in [-0.4, -0.2) is 11.5 Å². The zero-order valence-corrected chi connectivity index (χ0v) is 6.04. The highest BCUT2D eigenvalue weighted by Gasteiger charge is 2.01. The van der Waals surface area contributed by atoms with Crippen LogP contribution in [0.1, 0.15) is 6.92 Å². The van der Waals surface area contributed by atoms with Crippen molar-refractivity contribution in [2.45, 2.75) is 6.92 Å². The van der Waals surface area contributed by atoms with E-state index in [1.54, 1.807) is 6.92 Å². The number of nitrogens with two attached hydrogens (primary N) is 1. The molecule has 0 amide bonds. The van der Waals surface area contributed by atoms with E-state index >= 15 is 0 Å². The molecule has 0 bridgehead atoms. The Morgan fingerprint density at radius 1 is 1.89 bits per heavy atom.